The second-order valence-corrected chi connectivity index (χ2v) is 10.8. The summed E-state index contributed by atoms with van der Waals surface area (Å²) in [4.78, 5) is 32.2. The molecule has 0 amide bonds. The average molecular weight is 595 g/mol. The predicted molar refractivity (Wildman–Crippen MR) is 158 cm³/mol. The Bertz CT molecular complexity index is 1850. The van der Waals surface area contributed by atoms with Gasteiger partial charge in [-0.05, 0) is 51.1 Å². The maximum absolute atomic E-state index is 14.3. The van der Waals surface area contributed by atoms with Crippen molar-refractivity contribution in [3.63, 3.8) is 0 Å². The maximum atomic E-state index is 14.3. The lowest BCUT2D eigenvalue weighted by Crippen LogP contribution is -2.33. The van der Waals surface area contributed by atoms with E-state index in [1.165, 1.54) is 12.3 Å². The zero-order valence-corrected chi connectivity index (χ0v) is 24.2. The standard InChI is InChI=1S/C32H31FN8O3/c1-2-40-20-35-16-25(40)13-29-28(38-32-36-15-24(31(42)43)17-41(29)32)18-39-10-8-22(9-11-39)27-4-3-5-30(37-27)44-19-23-7-6-21(14-34)12-26(23)33/h3-7,12,15-17,20,22H,2,8-11,13,18-19H2,1H3,(H,42,43). The summed E-state index contributed by atoms with van der Waals surface area (Å²) in [5.74, 6) is -0.358. The first-order valence-corrected chi connectivity index (χ1v) is 14.5. The number of halogens is 1. The van der Waals surface area contributed by atoms with Crippen LogP contribution >= 0.6 is 0 Å². The van der Waals surface area contributed by atoms with Gasteiger partial charge in [0.15, 0.2) is 0 Å². The number of nitrogens with zero attached hydrogens (tertiary/aromatic N) is 8. The van der Waals surface area contributed by atoms with Crippen molar-refractivity contribution in [3.05, 3.63) is 107 Å². The molecule has 5 heterocycles. The number of pyridine rings is 1. The third-order valence-electron chi connectivity index (χ3n) is 8.08. The third kappa shape index (κ3) is 6.14. The molecule has 224 valence electrons. The smallest absolute Gasteiger partial charge is 0.338 e. The zero-order valence-electron chi connectivity index (χ0n) is 24.2. The van der Waals surface area contributed by atoms with Gasteiger partial charge < -0.3 is 14.4 Å². The van der Waals surface area contributed by atoms with E-state index >= 15 is 0 Å². The number of benzene rings is 1. The number of imidazole rings is 2. The largest absolute Gasteiger partial charge is 0.478 e. The predicted octanol–water partition coefficient (Wildman–Crippen LogP) is 4.60. The fourth-order valence-electron chi connectivity index (χ4n) is 5.62. The van der Waals surface area contributed by atoms with Crippen LogP contribution in [0.25, 0.3) is 5.78 Å². The van der Waals surface area contributed by atoms with Gasteiger partial charge in [-0.15, -0.1) is 0 Å². The number of rotatable bonds is 10. The second kappa shape index (κ2) is 12.6. The lowest BCUT2D eigenvalue weighted by Gasteiger charge is -2.31. The third-order valence-corrected chi connectivity index (χ3v) is 8.08. The summed E-state index contributed by atoms with van der Waals surface area (Å²) < 4.78 is 23.9. The number of likely N-dealkylation sites (tertiary alicyclic amines) is 1. The van der Waals surface area contributed by atoms with Crippen molar-refractivity contribution in [3.8, 4) is 11.9 Å². The van der Waals surface area contributed by atoms with Gasteiger partial charge in [0, 0.05) is 67.0 Å². The van der Waals surface area contributed by atoms with E-state index in [2.05, 4.69) is 26.4 Å². The highest BCUT2D eigenvalue weighted by molar-refractivity contribution is 5.87. The van der Waals surface area contributed by atoms with Crippen LogP contribution in [0.2, 0.25) is 0 Å². The minimum Gasteiger partial charge on any atom is -0.478 e. The van der Waals surface area contributed by atoms with Crippen molar-refractivity contribution in [2.45, 2.75) is 51.8 Å². The Morgan fingerprint density at radius 3 is 2.77 bits per heavy atom. The van der Waals surface area contributed by atoms with Crippen LogP contribution in [-0.4, -0.2) is 58.0 Å². The molecule has 1 aromatic carbocycles. The van der Waals surface area contributed by atoms with Gasteiger partial charge in [-0.2, -0.15) is 5.26 Å². The molecule has 0 spiro atoms. The number of aromatic nitrogens is 6. The molecule has 11 nitrogen and oxygen atoms in total. The summed E-state index contributed by atoms with van der Waals surface area (Å²) >= 11 is 0. The Balaban J connectivity index is 1.14. The topological polar surface area (TPSA) is 134 Å². The summed E-state index contributed by atoms with van der Waals surface area (Å²) in [7, 11) is 0. The van der Waals surface area contributed by atoms with Gasteiger partial charge in [0.25, 0.3) is 0 Å². The Morgan fingerprint density at radius 1 is 1.18 bits per heavy atom. The molecule has 1 saturated heterocycles. The highest BCUT2D eigenvalue weighted by Crippen LogP contribution is 2.29. The molecule has 5 aromatic rings. The Labute approximate surface area is 253 Å². The molecule has 0 aliphatic carbocycles. The van der Waals surface area contributed by atoms with Crippen LogP contribution in [0.3, 0.4) is 0 Å². The van der Waals surface area contributed by atoms with Crippen LogP contribution in [0.4, 0.5) is 4.39 Å². The van der Waals surface area contributed by atoms with E-state index in [9.17, 15) is 14.3 Å². The van der Waals surface area contributed by atoms with Crippen molar-refractivity contribution < 1.29 is 19.0 Å². The van der Waals surface area contributed by atoms with Crippen molar-refractivity contribution >= 4 is 11.7 Å². The lowest BCUT2D eigenvalue weighted by molar-refractivity contribution is 0.0696. The number of ether oxygens (including phenoxy) is 1. The quantitative estimate of drug-likeness (QED) is 0.246. The molecule has 0 radical (unpaired) electrons. The first kappa shape index (κ1) is 28.9. The molecule has 0 saturated carbocycles. The summed E-state index contributed by atoms with van der Waals surface area (Å²) in [5, 5.41) is 18.5. The van der Waals surface area contributed by atoms with Crippen molar-refractivity contribution in [1.82, 2.24) is 33.8 Å². The second-order valence-electron chi connectivity index (χ2n) is 10.8. The van der Waals surface area contributed by atoms with Crippen LogP contribution in [0.15, 0.2) is 61.3 Å². The monoisotopic (exact) mass is 594 g/mol. The normalized spacial score (nSPS) is 14.1. The van der Waals surface area contributed by atoms with E-state index in [0.717, 1.165) is 55.3 Å². The van der Waals surface area contributed by atoms with Gasteiger partial charge in [-0.1, -0.05) is 12.1 Å². The summed E-state index contributed by atoms with van der Waals surface area (Å²) in [5.41, 5.74) is 4.46. The van der Waals surface area contributed by atoms with Gasteiger partial charge in [0.2, 0.25) is 11.7 Å². The fraction of sp³-hybridized carbons (Fsp3) is 0.312. The van der Waals surface area contributed by atoms with E-state index < -0.39 is 11.8 Å². The SMILES string of the molecule is CCn1cncc1Cc1c(CN2CCC(c3cccc(OCc4ccc(C#N)cc4F)n3)CC2)nc2ncc(C(=O)O)cn12. The molecule has 44 heavy (non-hydrogen) atoms. The van der Waals surface area contributed by atoms with E-state index in [4.69, 9.17) is 20.0 Å². The number of fused-ring (bicyclic) bond motifs is 1. The lowest BCUT2D eigenvalue weighted by atomic mass is 9.93. The molecular weight excluding hydrogens is 563 g/mol. The number of piperidine rings is 1. The molecule has 6 rings (SSSR count). The van der Waals surface area contributed by atoms with Crippen LogP contribution in [0.5, 0.6) is 5.88 Å². The molecule has 1 fully saturated rings. The first-order chi connectivity index (χ1) is 21.4. The van der Waals surface area contributed by atoms with Crippen LogP contribution in [0, 0.1) is 17.1 Å². The van der Waals surface area contributed by atoms with E-state index in [0.29, 0.717) is 30.2 Å². The molecule has 4 aromatic heterocycles. The van der Waals surface area contributed by atoms with E-state index in [1.807, 2.05) is 24.4 Å². The highest BCUT2D eigenvalue weighted by atomic mass is 19.1. The molecule has 0 unspecified atom stereocenters. The number of carboxylic acid groups (broad SMARTS) is 1. The minimum atomic E-state index is -1.04. The maximum Gasteiger partial charge on any atom is 0.338 e. The molecule has 0 atom stereocenters. The number of carbonyl (C=O) groups is 1. The van der Waals surface area contributed by atoms with E-state index in [-0.39, 0.29) is 23.7 Å². The Kier molecular flexibility index (Phi) is 8.29. The number of hydrogen-bond acceptors (Lipinski definition) is 8. The molecule has 1 aliphatic rings. The van der Waals surface area contributed by atoms with Gasteiger partial charge in [-0.3, -0.25) is 9.30 Å². The van der Waals surface area contributed by atoms with Crippen molar-refractivity contribution in [2.75, 3.05) is 13.1 Å². The van der Waals surface area contributed by atoms with Gasteiger partial charge in [0.1, 0.15) is 12.4 Å². The minimum absolute atomic E-state index is 0.0235. The molecule has 0 bridgehead atoms. The van der Waals surface area contributed by atoms with Gasteiger partial charge in [-0.25, -0.2) is 29.1 Å². The summed E-state index contributed by atoms with van der Waals surface area (Å²) in [6, 6.07) is 11.9. The number of aryl methyl sites for hydroxylation is 1. The number of aromatic carboxylic acids is 1. The number of carboxylic acids is 1. The van der Waals surface area contributed by atoms with Gasteiger partial charge in [0.05, 0.1) is 34.9 Å². The van der Waals surface area contributed by atoms with Crippen molar-refractivity contribution in [1.29, 1.82) is 5.26 Å². The summed E-state index contributed by atoms with van der Waals surface area (Å²) in [6.07, 6.45) is 8.90. The molecule has 1 N–H and O–H groups in total. The van der Waals surface area contributed by atoms with Crippen LogP contribution in [0.1, 0.15) is 69.9 Å². The van der Waals surface area contributed by atoms with Crippen molar-refractivity contribution in [2.24, 2.45) is 0 Å². The highest BCUT2D eigenvalue weighted by Gasteiger charge is 2.25. The molecule has 1 aliphatic heterocycles. The average Bonchev–Trinajstić information content (AvgIpc) is 3.64. The van der Waals surface area contributed by atoms with Gasteiger partial charge >= 0.3 is 5.97 Å². The Morgan fingerprint density at radius 2 is 2.02 bits per heavy atom. The number of hydrogen-bond donors (Lipinski definition) is 1. The summed E-state index contributed by atoms with van der Waals surface area (Å²) in [6.45, 7) is 5.14. The Hall–Kier alpha value is -5.15. The first-order valence-electron chi connectivity index (χ1n) is 14.5. The van der Waals surface area contributed by atoms with E-state index in [1.54, 1.807) is 35.1 Å². The van der Waals surface area contributed by atoms with Crippen LogP contribution < -0.4 is 4.74 Å². The van der Waals surface area contributed by atoms with Crippen LogP contribution in [-0.2, 0) is 26.1 Å². The molecule has 12 heteroatoms. The molecular formula is C32H31FN8O3. The number of nitriles is 1. The zero-order chi connectivity index (χ0) is 30.6. The fourth-order valence-corrected chi connectivity index (χ4v) is 5.62.